The largest absolute Gasteiger partial charge is 0.444 e. The molecule has 2 heterocycles. The Kier molecular flexibility index (Phi) is 3.72. The standard InChI is InChI=1S/C16H18ClN3O/c1-10-5-4-6-13-15(10)19-14(7-8-17)20(13)12(3)16-18-9-11(2)21-16/h4-6,9,12H,7-8H2,1-3H3. The second-order valence-electron chi connectivity index (χ2n) is 5.26. The molecule has 0 amide bonds. The van der Waals surface area contributed by atoms with Crippen molar-refractivity contribution in [3.63, 3.8) is 0 Å². The number of aromatic nitrogens is 3. The molecule has 0 bridgehead atoms. The van der Waals surface area contributed by atoms with Crippen LogP contribution in [-0.4, -0.2) is 20.4 Å². The summed E-state index contributed by atoms with van der Waals surface area (Å²) in [7, 11) is 0. The van der Waals surface area contributed by atoms with Crippen molar-refractivity contribution < 1.29 is 4.42 Å². The number of fused-ring (bicyclic) bond motifs is 1. The molecule has 2 aromatic heterocycles. The number of alkyl halides is 1. The molecule has 0 fully saturated rings. The lowest BCUT2D eigenvalue weighted by Gasteiger charge is -2.14. The Labute approximate surface area is 128 Å². The highest BCUT2D eigenvalue weighted by atomic mass is 35.5. The molecule has 0 aliphatic carbocycles. The number of nitrogens with zero attached hydrogens (tertiary/aromatic N) is 3. The van der Waals surface area contributed by atoms with E-state index in [9.17, 15) is 0 Å². The minimum absolute atomic E-state index is 0.0104. The maximum Gasteiger partial charge on any atom is 0.217 e. The van der Waals surface area contributed by atoms with E-state index in [-0.39, 0.29) is 6.04 Å². The zero-order chi connectivity index (χ0) is 15.0. The van der Waals surface area contributed by atoms with Gasteiger partial charge in [-0.3, -0.25) is 0 Å². The molecular weight excluding hydrogens is 286 g/mol. The summed E-state index contributed by atoms with van der Waals surface area (Å²) < 4.78 is 7.87. The first-order valence-electron chi connectivity index (χ1n) is 7.06. The van der Waals surface area contributed by atoms with Crippen molar-refractivity contribution >= 4 is 22.6 Å². The molecule has 1 unspecified atom stereocenters. The van der Waals surface area contributed by atoms with Gasteiger partial charge in [0.1, 0.15) is 17.6 Å². The summed E-state index contributed by atoms with van der Waals surface area (Å²) in [5, 5.41) is 0. The third-order valence-electron chi connectivity index (χ3n) is 3.70. The Morgan fingerprint density at radius 2 is 2.14 bits per heavy atom. The summed E-state index contributed by atoms with van der Waals surface area (Å²) in [5.41, 5.74) is 3.28. The van der Waals surface area contributed by atoms with Crippen LogP contribution in [0.25, 0.3) is 11.0 Å². The molecule has 0 saturated heterocycles. The maximum absolute atomic E-state index is 5.94. The Morgan fingerprint density at radius 1 is 1.33 bits per heavy atom. The van der Waals surface area contributed by atoms with Gasteiger partial charge in [0.05, 0.1) is 17.2 Å². The monoisotopic (exact) mass is 303 g/mol. The Balaban J connectivity index is 2.19. The lowest BCUT2D eigenvalue weighted by Crippen LogP contribution is -2.11. The van der Waals surface area contributed by atoms with Crippen LogP contribution in [0.2, 0.25) is 0 Å². The van der Waals surface area contributed by atoms with Crippen LogP contribution in [0.4, 0.5) is 0 Å². The van der Waals surface area contributed by atoms with Crippen LogP contribution in [0.3, 0.4) is 0 Å². The highest BCUT2D eigenvalue weighted by molar-refractivity contribution is 6.17. The van der Waals surface area contributed by atoms with Crippen LogP contribution < -0.4 is 0 Å². The second kappa shape index (κ2) is 5.53. The molecule has 1 aromatic carbocycles. The molecule has 5 heteroatoms. The fraction of sp³-hybridized carbons (Fsp3) is 0.375. The number of hydrogen-bond acceptors (Lipinski definition) is 3. The molecule has 0 aliphatic rings. The maximum atomic E-state index is 5.94. The van der Waals surface area contributed by atoms with Gasteiger partial charge in [-0.15, -0.1) is 11.6 Å². The summed E-state index contributed by atoms with van der Waals surface area (Å²) in [4.78, 5) is 9.12. The van der Waals surface area contributed by atoms with E-state index in [1.54, 1.807) is 6.20 Å². The number of oxazole rings is 1. The van der Waals surface area contributed by atoms with E-state index in [0.717, 1.165) is 34.6 Å². The molecule has 0 aliphatic heterocycles. The Morgan fingerprint density at radius 3 is 2.81 bits per heavy atom. The number of rotatable bonds is 4. The predicted molar refractivity (Wildman–Crippen MR) is 83.9 cm³/mol. The molecular formula is C16H18ClN3O. The van der Waals surface area contributed by atoms with Gasteiger partial charge in [0.15, 0.2) is 0 Å². The van der Waals surface area contributed by atoms with E-state index >= 15 is 0 Å². The fourth-order valence-electron chi connectivity index (χ4n) is 2.67. The van der Waals surface area contributed by atoms with Crippen LogP contribution in [0.1, 0.15) is 36.0 Å². The van der Waals surface area contributed by atoms with Gasteiger partial charge >= 0.3 is 0 Å². The highest BCUT2D eigenvalue weighted by Gasteiger charge is 2.20. The van der Waals surface area contributed by atoms with Crippen molar-refractivity contribution in [1.82, 2.24) is 14.5 Å². The normalized spacial score (nSPS) is 13.0. The number of imidazole rings is 1. The molecule has 1 atom stereocenters. The van der Waals surface area contributed by atoms with Crippen LogP contribution in [0.15, 0.2) is 28.8 Å². The third-order valence-corrected chi connectivity index (χ3v) is 3.89. The Bertz CT molecular complexity index is 775. The summed E-state index contributed by atoms with van der Waals surface area (Å²) in [6, 6.07) is 6.20. The fourth-order valence-corrected chi connectivity index (χ4v) is 2.84. The van der Waals surface area contributed by atoms with Crippen LogP contribution in [0.5, 0.6) is 0 Å². The molecule has 4 nitrogen and oxygen atoms in total. The van der Waals surface area contributed by atoms with Crippen molar-refractivity contribution in [1.29, 1.82) is 0 Å². The van der Waals surface area contributed by atoms with Crippen molar-refractivity contribution in [3.05, 3.63) is 47.4 Å². The van der Waals surface area contributed by atoms with Gasteiger partial charge in [-0.05, 0) is 32.4 Å². The first kappa shape index (κ1) is 14.1. The van der Waals surface area contributed by atoms with Gasteiger partial charge in [-0.25, -0.2) is 9.97 Å². The van der Waals surface area contributed by atoms with E-state index in [1.165, 1.54) is 0 Å². The molecule has 0 radical (unpaired) electrons. The Hall–Kier alpha value is -1.81. The minimum Gasteiger partial charge on any atom is -0.444 e. The van der Waals surface area contributed by atoms with Crippen LogP contribution in [-0.2, 0) is 6.42 Å². The average molecular weight is 304 g/mol. The number of para-hydroxylation sites is 1. The third kappa shape index (κ3) is 2.44. The number of hydrogen-bond donors (Lipinski definition) is 0. The van der Waals surface area contributed by atoms with Crippen LogP contribution >= 0.6 is 11.6 Å². The molecule has 21 heavy (non-hydrogen) atoms. The zero-order valence-corrected chi connectivity index (χ0v) is 13.2. The highest BCUT2D eigenvalue weighted by Crippen LogP contribution is 2.27. The minimum atomic E-state index is -0.0104. The number of halogens is 1. The van der Waals surface area contributed by atoms with Crippen molar-refractivity contribution in [2.75, 3.05) is 5.88 Å². The van der Waals surface area contributed by atoms with E-state index < -0.39 is 0 Å². The summed E-state index contributed by atoms with van der Waals surface area (Å²) in [6.07, 6.45) is 2.47. The zero-order valence-electron chi connectivity index (χ0n) is 12.4. The second-order valence-corrected chi connectivity index (χ2v) is 5.64. The first-order chi connectivity index (χ1) is 10.1. The summed E-state index contributed by atoms with van der Waals surface area (Å²) >= 11 is 5.94. The van der Waals surface area contributed by atoms with Gasteiger partial charge in [0, 0.05) is 12.3 Å². The molecule has 3 rings (SSSR count). The van der Waals surface area contributed by atoms with E-state index in [0.29, 0.717) is 11.8 Å². The molecule has 110 valence electrons. The molecule has 0 saturated carbocycles. The smallest absolute Gasteiger partial charge is 0.217 e. The van der Waals surface area contributed by atoms with E-state index in [4.69, 9.17) is 21.0 Å². The van der Waals surface area contributed by atoms with Crippen molar-refractivity contribution in [3.8, 4) is 0 Å². The van der Waals surface area contributed by atoms with E-state index in [2.05, 4.69) is 35.5 Å². The lowest BCUT2D eigenvalue weighted by molar-refractivity contribution is 0.414. The first-order valence-corrected chi connectivity index (χ1v) is 7.60. The molecule has 0 N–H and O–H groups in total. The van der Waals surface area contributed by atoms with Gasteiger partial charge in [0.2, 0.25) is 5.89 Å². The average Bonchev–Trinajstić information content (AvgIpc) is 3.03. The SMILES string of the molecule is Cc1cnc(C(C)n2c(CCCl)nc3c(C)cccc32)o1. The van der Waals surface area contributed by atoms with Gasteiger partial charge in [0.25, 0.3) is 0 Å². The topological polar surface area (TPSA) is 43.9 Å². The number of aryl methyl sites for hydroxylation is 3. The molecule has 0 spiro atoms. The van der Waals surface area contributed by atoms with Crippen molar-refractivity contribution in [2.24, 2.45) is 0 Å². The number of benzene rings is 1. The van der Waals surface area contributed by atoms with Crippen molar-refractivity contribution in [2.45, 2.75) is 33.2 Å². The quantitative estimate of drug-likeness (QED) is 0.683. The molecule has 3 aromatic rings. The van der Waals surface area contributed by atoms with E-state index in [1.807, 2.05) is 13.0 Å². The lowest BCUT2D eigenvalue weighted by atomic mass is 10.2. The van der Waals surface area contributed by atoms with Crippen LogP contribution in [0, 0.1) is 13.8 Å². The predicted octanol–water partition coefficient (Wildman–Crippen LogP) is 4.03. The van der Waals surface area contributed by atoms with Gasteiger partial charge in [-0.2, -0.15) is 0 Å². The van der Waals surface area contributed by atoms with Gasteiger partial charge < -0.3 is 8.98 Å². The summed E-state index contributed by atoms with van der Waals surface area (Å²) in [5.74, 6) is 3.03. The van der Waals surface area contributed by atoms with Gasteiger partial charge in [-0.1, -0.05) is 12.1 Å². The summed E-state index contributed by atoms with van der Waals surface area (Å²) in [6.45, 7) is 6.05.